The number of halogens is 3. The molecule has 0 atom stereocenters. The summed E-state index contributed by atoms with van der Waals surface area (Å²) in [7, 11) is -3.91. The fourth-order valence-electron chi connectivity index (χ4n) is 1.53. The predicted octanol–water partition coefficient (Wildman–Crippen LogP) is 1.28. The standard InChI is InChI=1S/C11H11ClF2N2O5S/c1-5(17)15-7-3-6(13)11(10(14)9(7)12)22(20,21)16(2)4-8(18)19/h3H,4H2,1-2H3,(H,15,17)(H,18,19). The van der Waals surface area contributed by atoms with Gasteiger partial charge in [-0.15, -0.1) is 0 Å². The minimum atomic E-state index is -4.76. The van der Waals surface area contributed by atoms with Crippen molar-refractivity contribution in [1.82, 2.24) is 4.31 Å². The van der Waals surface area contributed by atoms with Crippen molar-refractivity contribution < 1.29 is 31.9 Å². The number of likely N-dealkylation sites (N-methyl/N-ethyl adjacent to an activating group) is 1. The maximum Gasteiger partial charge on any atom is 0.318 e. The summed E-state index contributed by atoms with van der Waals surface area (Å²) in [6.45, 7) is 0.0731. The smallest absolute Gasteiger partial charge is 0.318 e. The summed E-state index contributed by atoms with van der Waals surface area (Å²) in [5, 5.41) is 9.80. The number of nitrogens with one attached hydrogen (secondary N) is 1. The number of carbonyl (C=O) groups excluding carboxylic acids is 1. The van der Waals surface area contributed by atoms with Crippen molar-refractivity contribution in [2.45, 2.75) is 11.8 Å². The fraction of sp³-hybridized carbons (Fsp3) is 0.273. The van der Waals surface area contributed by atoms with Crippen LogP contribution in [0.25, 0.3) is 0 Å². The Morgan fingerprint density at radius 3 is 2.41 bits per heavy atom. The topological polar surface area (TPSA) is 104 Å². The van der Waals surface area contributed by atoms with E-state index in [1.165, 1.54) is 0 Å². The van der Waals surface area contributed by atoms with E-state index in [0.29, 0.717) is 6.07 Å². The van der Waals surface area contributed by atoms with Crippen molar-refractivity contribution >= 4 is 39.2 Å². The van der Waals surface area contributed by atoms with Crippen LogP contribution in [0.3, 0.4) is 0 Å². The number of aliphatic carboxylic acids is 1. The van der Waals surface area contributed by atoms with Crippen LogP contribution in [-0.2, 0) is 19.6 Å². The van der Waals surface area contributed by atoms with Gasteiger partial charge in [0.15, 0.2) is 10.7 Å². The van der Waals surface area contributed by atoms with Crippen molar-refractivity contribution in [1.29, 1.82) is 0 Å². The Balaban J connectivity index is 3.46. The van der Waals surface area contributed by atoms with Crippen LogP contribution in [0, 0.1) is 11.6 Å². The van der Waals surface area contributed by atoms with E-state index in [4.69, 9.17) is 16.7 Å². The Morgan fingerprint density at radius 2 is 1.95 bits per heavy atom. The molecule has 2 N–H and O–H groups in total. The van der Waals surface area contributed by atoms with Gasteiger partial charge < -0.3 is 10.4 Å². The summed E-state index contributed by atoms with van der Waals surface area (Å²) >= 11 is 5.58. The number of carboxylic acids is 1. The van der Waals surface area contributed by atoms with Gasteiger partial charge in [-0.2, -0.15) is 4.31 Å². The zero-order valence-corrected chi connectivity index (χ0v) is 12.9. The number of amides is 1. The second-order valence-electron chi connectivity index (χ2n) is 4.20. The van der Waals surface area contributed by atoms with Crippen molar-refractivity contribution in [3.63, 3.8) is 0 Å². The van der Waals surface area contributed by atoms with Crippen molar-refractivity contribution in [3.05, 3.63) is 22.7 Å². The molecule has 0 unspecified atom stereocenters. The average Bonchev–Trinajstić information content (AvgIpc) is 2.33. The van der Waals surface area contributed by atoms with E-state index in [1.54, 1.807) is 0 Å². The third-order valence-corrected chi connectivity index (χ3v) is 4.66. The number of hydrogen-bond acceptors (Lipinski definition) is 4. The third kappa shape index (κ3) is 3.70. The first kappa shape index (κ1) is 18.3. The first-order valence-corrected chi connectivity index (χ1v) is 7.43. The number of anilines is 1. The summed E-state index contributed by atoms with van der Waals surface area (Å²) in [5.74, 6) is -5.31. The Hall–Kier alpha value is -1.78. The van der Waals surface area contributed by atoms with Crippen LogP contribution in [0.2, 0.25) is 5.02 Å². The molecule has 0 fully saturated rings. The van der Waals surface area contributed by atoms with Gasteiger partial charge in [-0.05, 0) is 0 Å². The second-order valence-corrected chi connectivity index (χ2v) is 6.56. The lowest BCUT2D eigenvalue weighted by Gasteiger charge is -2.17. The molecule has 0 heterocycles. The van der Waals surface area contributed by atoms with E-state index in [9.17, 15) is 26.8 Å². The molecule has 1 rings (SSSR count). The van der Waals surface area contributed by atoms with E-state index in [0.717, 1.165) is 14.0 Å². The molecule has 0 radical (unpaired) electrons. The number of benzene rings is 1. The van der Waals surface area contributed by atoms with Crippen molar-refractivity contribution in [2.75, 3.05) is 18.9 Å². The molecule has 1 aromatic carbocycles. The lowest BCUT2D eigenvalue weighted by atomic mass is 10.3. The van der Waals surface area contributed by atoms with Crippen LogP contribution < -0.4 is 5.32 Å². The average molecular weight is 357 g/mol. The predicted molar refractivity (Wildman–Crippen MR) is 73.1 cm³/mol. The quantitative estimate of drug-likeness (QED) is 0.773. The van der Waals surface area contributed by atoms with Crippen LogP contribution in [-0.4, -0.2) is 43.3 Å². The van der Waals surface area contributed by atoms with Gasteiger partial charge in [-0.1, -0.05) is 11.6 Å². The van der Waals surface area contributed by atoms with Gasteiger partial charge in [0.2, 0.25) is 15.9 Å². The molecule has 1 aromatic rings. The number of carboxylic acid groups (broad SMARTS) is 1. The van der Waals surface area contributed by atoms with Crippen LogP contribution >= 0.6 is 11.6 Å². The lowest BCUT2D eigenvalue weighted by molar-refractivity contribution is -0.137. The Labute approximate surface area is 129 Å². The van der Waals surface area contributed by atoms with E-state index >= 15 is 0 Å². The lowest BCUT2D eigenvalue weighted by Crippen LogP contribution is -2.33. The molecule has 0 spiro atoms. The molecule has 7 nitrogen and oxygen atoms in total. The second kappa shape index (κ2) is 6.55. The summed E-state index contributed by atoms with van der Waals surface area (Å²) in [4.78, 5) is 20.0. The number of carbonyl (C=O) groups is 2. The van der Waals surface area contributed by atoms with Crippen molar-refractivity contribution in [2.24, 2.45) is 0 Å². The van der Waals surface area contributed by atoms with Crippen LogP contribution in [0.5, 0.6) is 0 Å². The molecule has 0 aliphatic heterocycles. The molecule has 0 aliphatic rings. The van der Waals surface area contributed by atoms with Gasteiger partial charge in [-0.3, -0.25) is 9.59 Å². The maximum absolute atomic E-state index is 14.1. The molecule has 0 aliphatic carbocycles. The number of nitrogens with zero attached hydrogens (tertiary/aromatic N) is 1. The minimum Gasteiger partial charge on any atom is -0.480 e. The monoisotopic (exact) mass is 356 g/mol. The molecule has 122 valence electrons. The summed E-state index contributed by atoms with van der Waals surface area (Å²) in [6.07, 6.45) is 0. The van der Waals surface area contributed by atoms with E-state index in [1.807, 2.05) is 5.32 Å². The molecule has 11 heteroatoms. The summed E-state index contributed by atoms with van der Waals surface area (Å²) in [6, 6.07) is 0.536. The molecule has 0 saturated heterocycles. The Morgan fingerprint density at radius 1 is 1.41 bits per heavy atom. The van der Waals surface area contributed by atoms with Crippen molar-refractivity contribution in [3.8, 4) is 0 Å². The molecular formula is C11H11ClF2N2O5S. The largest absolute Gasteiger partial charge is 0.480 e. The third-order valence-electron chi connectivity index (χ3n) is 2.45. The highest BCUT2D eigenvalue weighted by Gasteiger charge is 2.32. The molecule has 1 amide bonds. The van der Waals surface area contributed by atoms with E-state index < -0.39 is 55.7 Å². The molecular weight excluding hydrogens is 346 g/mol. The van der Waals surface area contributed by atoms with Crippen LogP contribution in [0.1, 0.15) is 6.92 Å². The summed E-state index contributed by atoms with van der Waals surface area (Å²) in [5.41, 5.74) is -0.441. The van der Waals surface area contributed by atoms with Crippen LogP contribution in [0.4, 0.5) is 14.5 Å². The molecule has 0 bridgehead atoms. The highest BCUT2D eigenvalue weighted by Crippen LogP contribution is 2.33. The normalized spacial score (nSPS) is 11.5. The number of rotatable bonds is 5. The van der Waals surface area contributed by atoms with Gasteiger partial charge in [0.25, 0.3) is 0 Å². The number of sulfonamides is 1. The molecule has 0 saturated carbocycles. The maximum atomic E-state index is 14.1. The Bertz CT molecular complexity index is 738. The van der Waals surface area contributed by atoms with Gasteiger partial charge in [-0.25, -0.2) is 17.2 Å². The number of hydrogen-bond donors (Lipinski definition) is 2. The van der Waals surface area contributed by atoms with E-state index in [-0.39, 0.29) is 4.31 Å². The first-order chi connectivity index (χ1) is 9.98. The highest BCUT2D eigenvalue weighted by atomic mass is 35.5. The van der Waals surface area contributed by atoms with E-state index in [2.05, 4.69) is 0 Å². The van der Waals surface area contributed by atoms with Gasteiger partial charge >= 0.3 is 5.97 Å². The highest BCUT2D eigenvalue weighted by molar-refractivity contribution is 7.89. The first-order valence-electron chi connectivity index (χ1n) is 5.61. The fourth-order valence-corrected chi connectivity index (χ4v) is 3.01. The zero-order chi connectivity index (χ0) is 17.2. The Kier molecular flexibility index (Phi) is 5.44. The molecule has 0 aromatic heterocycles. The van der Waals surface area contributed by atoms with Crippen LogP contribution in [0.15, 0.2) is 11.0 Å². The SMILES string of the molecule is CC(=O)Nc1cc(F)c(S(=O)(=O)N(C)CC(=O)O)c(F)c1Cl. The zero-order valence-electron chi connectivity index (χ0n) is 11.4. The summed E-state index contributed by atoms with van der Waals surface area (Å²) < 4.78 is 52.3. The minimum absolute atomic E-state index is 0.255. The van der Waals surface area contributed by atoms with Gasteiger partial charge in [0.05, 0.1) is 5.69 Å². The van der Waals surface area contributed by atoms with Gasteiger partial charge in [0, 0.05) is 20.0 Å². The molecule has 22 heavy (non-hydrogen) atoms. The van der Waals surface area contributed by atoms with Gasteiger partial charge in [0.1, 0.15) is 17.4 Å².